The van der Waals surface area contributed by atoms with Crippen LogP contribution in [0.4, 0.5) is 0 Å². The van der Waals surface area contributed by atoms with Crippen LogP contribution in [0.3, 0.4) is 0 Å². The minimum atomic E-state index is -4.20. The van der Waals surface area contributed by atoms with Crippen LogP contribution in [0.25, 0.3) is 0 Å². The standard InChI is InChI=1S/C11H15NO7S2/c1-6-5-20-8(11(15)19-3)9(6)21(16,17)12-7(4-13)10(14)18-2/h5,7,12-13H,4H2,1-3H3. The Hall–Kier alpha value is -1.49. The lowest BCUT2D eigenvalue weighted by molar-refractivity contribution is -0.143. The molecule has 1 aromatic heterocycles. The molecule has 1 rings (SSSR count). The minimum Gasteiger partial charge on any atom is -0.468 e. The summed E-state index contributed by atoms with van der Waals surface area (Å²) >= 11 is 0.912. The summed E-state index contributed by atoms with van der Waals surface area (Å²) in [6, 6.07) is -1.45. The molecule has 0 spiro atoms. The summed E-state index contributed by atoms with van der Waals surface area (Å²) in [4.78, 5) is 22.6. The van der Waals surface area contributed by atoms with Crippen LogP contribution in [0, 0.1) is 6.92 Å². The number of ether oxygens (including phenoxy) is 2. The van der Waals surface area contributed by atoms with E-state index in [9.17, 15) is 18.0 Å². The maximum atomic E-state index is 12.3. The van der Waals surface area contributed by atoms with Crippen molar-refractivity contribution in [1.29, 1.82) is 0 Å². The van der Waals surface area contributed by atoms with E-state index in [0.717, 1.165) is 25.6 Å². The molecule has 0 radical (unpaired) electrons. The van der Waals surface area contributed by atoms with E-state index in [1.807, 2.05) is 4.72 Å². The number of hydrogen-bond acceptors (Lipinski definition) is 8. The number of rotatable bonds is 6. The lowest BCUT2D eigenvalue weighted by atomic mass is 10.3. The van der Waals surface area contributed by atoms with Crippen molar-refractivity contribution in [2.24, 2.45) is 0 Å². The first kappa shape index (κ1) is 17.6. The second kappa shape index (κ2) is 6.98. The molecule has 0 aliphatic carbocycles. The van der Waals surface area contributed by atoms with Gasteiger partial charge in [0.2, 0.25) is 10.0 Å². The highest BCUT2D eigenvalue weighted by Crippen LogP contribution is 2.27. The predicted molar refractivity (Wildman–Crippen MR) is 73.6 cm³/mol. The first-order valence-corrected chi connectivity index (χ1v) is 8.02. The van der Waals surface area contributed by atoms with Gasteiger partial charge in [-0.15, -0.1) is 11.3 Å². The Morgan fingerprint density at radius 2 is 2.00 bits per heavy atom. The van der Waals surface area contributed by atoms with E-state index < -0.39 is 34.6 Å². The molecule has 0 aliphatic heterocycles. The Kier molecular flexibility index (Phi) is 5.84. The molecular formula is C11H15NO7S2. The van der Waals surface area contributed by atoms with Gasteiger partial charge in [-0.3, -0.25) is 4.79 Å². The fourth-order valence-corrected chi connectivity index (χ4v) is 4.43. The Bertz CT molecular complexity index is 635. The first-order valence-electron chi connectivity index (χ1n) is 5.65. The molecule has 0 aliphatic rings. The van der Waals surface area contributed by atoms with Gasteiger partial charge in [-0.25, -0.2) is 13.2 Å². The molecule has 1 heterocycles. The van der Waals surface area contributed by atoms with E-state index in [1.54, 1.807) is 0 Å². The highest BCUT2D eigenvalue weighted by molar-refractivity contribution is 7.89. The molecule has 0 fully saturated rings. The van der Waals surface area contributed by atoms with Crippen LogP contribution < -0.4 is 4.72 Å². The molecule has 0 saturated heterocycles. The Labute approximate surface area is 125 Å². The zero-order valence-corrected chi connectivity index (χ0v) is 13.2. The zero-order valence-electron chi connectivity index (χ0n) is 11.6. The lowest BCUT2D eigenvalue weighted by Gasteiger charge is -2.14. The fraction of sp³-hybridized carbons (Fsp3) is 0.455. The number of methoxy groups -OCH3 is 2. The van der Waals surface area contributed by atoms with Crippen molar-refractivity contribution in [1.82, 2.24) is 4.72 Å². The number of aryl methyl sites for hydroxylation is 1. The highest BCUT2D eigenvalue weighted by Gasteiger charge is 2.32. The number of sulfonamides is 1. The largest absolute Gasteiger partial charge is 0.468 e. The molecule has 1 atom stereocenters. The summed E-state index contributed by atoms with van der Waals surface area (Å²) < 4.78 is 35.5. The molecule has 1 unspecified atom stereocenters. The van der Waals surface area contributed by atoms with Gasteiger partial charge in [0.15, 0.2) is 0 Å². The summed E-state index contributed by atoms with van der Waals surface area (Å²) in [6.07, 6.45) is 0. The van der Waals surface area contributed by atoms with Crippen molar-refractivity contribution in [2.45, 2.75) is 17.9 Å². The smallest absolute Gasteiger partial charge is 0.349 e. The van der Waals surface area contributed by atoms with E-state index in [1.165, 1.54) is 12.3 Å². The molecule has 1 aromatic rings. The van der Waals surface area contributed by atoms with E-state index in [2.05, 4.69) is 9.47 Å². The van der Waals surface area contributed by atoms with Gasteiger partial charge in [-0.1, -0.05) is 0 Å². The molecule has 0 saturated carbocycles. The van der Waals surface area contributed by atoms with Crippen molar-refractivity contribution in [3.05, 3.63) is 15.8 Å². The van der Waals surface area contributed by atoms with Crippen molar-refractivity contribution in [2.75, 3.05) is 20.8 Å². The van der Waals surface area contributed by atoms with Crippen LogP contribution >= 0.6 is 11.3 Å². The summed E-state index contributed by atoms with van der Waals surface area (Å²) in [7, 11) is -2.01. The number of carbonyl (C=O) groups excluding carboxylic acids is 2. The maximum Gasteiger partial charge on any atom is 0.349 e. The van der Waals surface area contributed by atoms with E-state index in [-0.39, 0.29) is 9.77 Å². The number of thiophene rings is 1. The number of aliphatic hydroxyl groups excluding tert-OH is 1. The van der Waals surface area contributed by atoms with Gasteiger partial charge in [0.05, 0.1) is 20.8 Å². The molecule has 10 heteroatoms. The third kappa shape index (κ3) is 3.79. The molecule has 0 aromatic carbocycles. The van der Waals surface area contributed by atoms with Crippen molar-refractivity contribution < 1.29 is 32.6 Å². The van der Waals surface area contributed by atoms with Gasteiger partial charge in [0.25, 0.3) is 0 Å². The number of esters is 2. The molecule has 118 valence electrons. The highest BCUT2D eigenvalue weighted by atomic mass is 32.2. The normalized spacial score (nSPS) is 12.8. The quantitative estimate of drug-likeness (QED) is 0.681. The monoisotopic (exact) mass is 337 g/mol. The van der Waals surface area contributed by atoms with Gasteiger partial charge in [-0.05, 0) is 17.9 Å². The van der Waals surface area contributed by atoms with Crippen molar-refractivity contribution in [3.8, 4) is 0 Å². The third-order valence-corrected chi connectivity index (χ3v) is 5.39. The predicted octanol–water partition coefficient (Wildman–Crippen LogP) is -0.345. The average molecular weight is 337 g/mol. The molecule has 8 nitrogen and oxygen atoms in total. The van der Waals surface area contributed by atoms with Crippen molar-refractivity contribution >= 4 is 33.3 Å². The molecule has 0 bridgehead atoms. The summed E-state index contributed by atoms with van der Waals surface area (Å²) in [6.45, 7) is 0.728. The average Bonchev–Trinajstić information content (AvgIpc) is 2.85. The summed E-state index contributed by atoms with van der Waals surface area (Å²) in [5.41, 5.74) is 0.328. The van der Waals surface area contributed by atoms with Crippen LogP contribution in [-0.2, 0) is 24.3 Å². The SMILES string of the molecule is COC(=O)c1scc(C)c1S(=O)(=O)NC(CO)C(=O)OC. The van der Waals surface area contributed by atoms with Gasteiger partial charge in [0.1, 0.15) is 15.8 Å². The van der Waals surface area contributed by atoms with Crippen LogP contribution in [0.15, 0.2) is 10.3 Å². The van der Waals surface area contributed by atoms with Gasteiger partial charge < -0.3 is 14.6 Å². The number of carbonyl (C=O) groups is 2. The zero-order chi connectivity index (χ0) is 16.2. The van der Waals surface area contributed by atoms with Crippen LogP contribution in [-0.4, -0.2) is 52.3 Å². The topological polar surface area (TPSA) is 119 Å². The van der Waals surface area contributed by atoms with Gasteiger partial charge >= 0.3 is 11.9 Å². The Morgan fingerprint density at radius 3 is 2.48 bits per heavy atom. The van der Waals surface area contributed by atoms with E-state index >= 15 is 0 Å². The summed E-state index contributed by atoms with van der Waals surface area (Å²) in [5.74, 6) is -1.74. The number of nitrogens with one attached hydrogen (secondary N) is 1. The number of hydrogen-bond donors (Lipinski definition) is 2. The Balaban J connectivity index is 3.22. The second-order valence-electron chi connectivity index (χ2n) is 3.95. The van der Waals surface area contributed by atoms with Gasteiger partial charge in [0, 0.05) is 0 Å². The Morgan fingerprint density at radius 1 is 1.38 bits per heavy atom. The fourth-order valence-electron chi connectivity index (χ4n) is 1.55. The molecule has 0 amide bonds. The minimum absolute atomic E-state index is 0.107. The molecule has 21 heavy (non-hydrogen) atoms. The van der Waals surface area contributed by atoms with Crippen LogP contribution in [0.5, 0.6) is 0 Å². The van der Waals surface area contributed by atoms with E-state index in [4.69, 9.17) is 5.11 Å². The summed E-state index contributed by atoms with van der Waals surface area (Å²) in [5, 5.41) is 10.5. The lowest BCUT2D eigenvalue weighted by Crippen LogP contribution is -2.44. The second-order valence-corrected chi connectivity index (χ2v) is 6.48. The van der Waals surface area contributed by atoms with Crippen LogP contribution in [0.1, 0.15) is 15.2 Å². The van der Waals surface area contributed by atoms with Gasteiger partial charge in [-0.2, -0.15) is 4.72 Å². The van der Waals surface area contributed by atoms with E-state index in [0.29, 0.717) is 5.56 Å². The van der Waals surface area contributed by atoms with Crippen LogP contribution in [0.2, 0.25) is 0 Å². The molecular weight excluding hydrogens is 322 g/mol. The molecule has 2 N–H and O–H groups in total. The third-order valence-electron chi connectivity index (χ3n) is 2.52. The first-order chi connectivity index (χ1) is 9.78. The number of aliphatic hydroxyl groups is 1. The maximum absolute atomic E-state index is 12.3. The van der Waals surface area contributed by atoms with Crippen molar-refractivity contribution in [3.63, 3.8) is 0 Å².